The number of phenolic OH excluding ortho intramolecular Hbond substituents is 1. The molecule has 0 aliphatic rings. The molecule has 0 fully saturated rings. The molecule has 1 unspecified atom stereocenters. The molecular weight excluding hydrogens is 325 g/mol. The van der Waals surface area contributed by atoms with E-state index < -0.39 is 13.4 Å². The van der Waals surface area contributed by atoms with Gasteiger partial charge in [-0.25, -0.2) is 0 Å². The average Bonchev–Trinajstić information content (AvgIpc) is 2.56. The second kappa shape index (κ2) is 9.00. The van der Waals surface area contributed by atoms with Crippen LogP contribution in [0.15, 0.2) is 54.6 Å². The lowest BCUT2D eigenvalue weighted by molar-refractivity contribution is 0.207. The fourth-order valence-electron chi connectivity index (χ4n) is 2.47. The number of hydrogen-bond acceptors (Lipinski definition) is 5. The van der Waals surface area contributed by atoms with E-state index in [-0.39, 0.29) is 5.75 Å². The number of aromatic hydroxyl groups is 1. The zero-order valence-corrected chi connectivity index (χ0v) is 14.9. The summed E-state index contributed by atoms with van der Waals surface area (Å²) in [5, 5.41) is 12.9. The van der Waals surface area contributed by atoms with Gasteiger partial charge < -0.3 is 14.2 Å². The molecule has 0 heterocycles. The van der Waals surface area contributed by atoms with Gasteiger partial charge in [-0.3, -0.25) is 9.88 Å². The summed E-state index contributed by atoms with van der Waals surface area (Å²) in [7, 11) is -3.37. The smallest absolute Gasteiger partial charge is 0.351 e. The molecule has 0 aliphatic carbocycles. The molecule has 0 radical (unpaired) electrons. The highest BCUT2D eigenvalue weighted by molar-refractivity contribution is 7.54. The molecule has 0 bridgehead atoms. The maximum atomic E-state index is 13.2. The van der Waals surface area contributed by atoms with E-state index in [0.717, 1.165) is 11.1 Å². The first-order valence-electron chi connectivity index (χ1n) is 8.04. The summed E-state index contributed by atoms with van der Waals surface area (Å²) in [6, 6.07) is 16.4. The molecule has 0 amide bonds. The highest BCUT2D eigenvalue weighted by Gasteiger charge is 2.36. The van der Waals surface area contributed by atoms with Gasteiger partial charge in [0.1, 0.15) is 11.5 Å². The molecular formula is C18H24NO4P. The fourth-order valence-corrected chi connectivity index (χ4v) is 4.42. The van der Waals surface area contributed by atoms with Crippen molar-refractivity contribution >= 4 is 7.60 Å². The van der Waals surface area contributed by atoms with Gasteiger partial charge in [0.15, 0.2) is 0 Å². The first-order chi connectivity index (χ1) is 11.6. The van der Waals surface area contributed by atoms with Gasteiger partial charge in [-0.2, -0.15) is 0 Å². The molecule has 5 nitrogen and oxygen atoms in total. The maximum absolute atomic E-state index is 13.2. The third kappa shape index (κ3) is 4.92. The predicted molar refractivity (Wildman–Crippen MR) is 95.0 cm³/mol. The summed E-state index contributed by atoms with van der Waals surface area (Å²) in [5.74, 6) is -0.385. The summed E-state index contributed by atoms with van der Waals surface area (Å²) >= 11 is 0. The molecule has 2 rings (SSSR count). The van der Waals surface area contributed by atoms with Crippen LogP contribution >= 0.6 is 7.60 Å². The Morgan fingerprint density at radius 3 is 2.29 bits per heavy atom. The van der Waals surface area contributed by atoms with Crippen LogP contribution in [0.3, 0.4) is 0 Å². The molecule has 130 valence electrons. The van der Waals surface area contributed by atoms with Gasteiger partial charge in [-0.15, -0.1) is 0 Å². The molecule has 2 aromatic carbocycles. The topological polar surface area (TPSA) is 67.8 Å². The van der Waals surface area contributed by atoms with Gasteiger partial charge >= 0.3 is 7.60 Å². The van der Waals surface area contributed by atoms with Crippen LogP contribution in [0.5, 0.6) is 5.75 Å². The van der Waals surface area contributed by atoms with E-state index in [1.54, 1.807) is 32.0 Å². The van der Waals surface area contributed by atoms with Crippen LogP contribution < -0.4 is 5.32 Å². The third-order valence-corrected chi connectivity index (χ3v) is 5.81. The molecule has 0 aliphatic heterocycles. The van der Waals surface area contributed by atoms with Crippen molar-refractivity contribution in [3.05, 3.63) is 65.7 Å². The Bertz CT molecular complexity index is 668. The van der Waals surface area contributed by atoms with Crippen LogP contribution in [0.1, 0.15) is 30.8 Å². The van der Waals surface area contributed by atoms with Crippen molar-refractivity contribution in [1.29, 1.82) is 0 Å². The quantitative estimate of drug-likeness (QED) is 0.655. The van der Waals surface area contributed by atoms with Gasteiger partial charge in [0, 0.05) is 6.54 Å². The molecule has 0 saturated heterocycles. The van der Waals surface area contributed by atoms with Gasteiger partial charge in [0.25, 0.3) is 0 Å². The van der Waals surface area contributed by atoms with Crippen molar-refractivity contribution < 1.29 is 18.7 Å². The molecule has 6 heteroatoms. The monoisotopic (exact) mass is 349 g/mol. The molecule has 0 saturated carbocycles. The van der Waals surface area contributed by atoms with Crippen LogP contribution in [-0.2, 0) is 20.2 Å². The fraction of sp³-hybridized carbons (Fsp3) is 0.333. The highest BCUT2D eigenvalue weighted by Crippen LogP contribution is 2.59. The van der Waals surface area contributed by atoms with Crippen LogP contribution in [0.25, 0.3) is 0 Å². The number of nitrogens with one attached hydrogen (secondary N) is 1. The van der Waals surface area contributed by atoms with Gasteiger partial charge in [0.05, 0.1) is 13.2 Å². The van der Waals surface area contributed by atoms with Crippen LogP contribution in [0.4, 0.5) is 0 Å². The normalized spacial score (nSPS) is 12.9. The van der Waals surface area contributed by atoms with Crippen LogP contribution in [-0.4, -0.2) is 18.3 Å². The first-order valence-corrected chi connectivity index (χ1v) is 9.65. The van der Waals surface area contributed by atoms with E-state index in [2.05, 4.69) is 5.32 Å². The standard InChI is InChI=1S/C18H24NO4P/c1-3-22-24(21,23-4-2)18(16-10-6-5-7-11-16)19-14-15-9-8-12-17(20)13-15/h5-13,18-20H,3-4,14H2,1-2H3. The summed E-state index contributed by atoms with van der Waals surface area (Å²) in [6.07, 6.45) is 0. The van der Waals surface area contributed by atoms with E-state index in [0.29, 0.717) is 19.8 Å². The van der Waals surface area contributed by atoms with Crippen molar-refractivity contribution in [2.24, 2.45) is 0 Å². The van der Waals surface area contributed by atoms with E-state index in [1.807, 2.05) is 36.4 Å². The van der Waals surface area contributed by atoms with E-state index >= 15 is 0 Å². The van der Waals surface area contributed by atoms with E-state index in [1.165, 1.54) is 0 Å². The maximum Gasteiger partial charge on any atom is 0.351 e. The number of hydrogen-bond donors (Lipinski definition) is 2. The lowest BCUT2D eigenvalue weighted by atomic mass is 10.2. The van der Waals surface area contributed by atoms with Crippen molar-refractivity contribution in [3.63, 3.8) is 0 Å². The second-order valence-corrected chi connectivity index (χ2v) is 7.35. The largest absolute Gasteiger partial charge is 0.508 e. The molecule has 0 aromatic heterocycles. The zero-order valence-electron chi connectivity index (χ0n) is 14.0. The summed E-state index contributed by atoms with van der Waals surface area (Å²) in [4.78, 5) is 0. The SMILES string of the molecule is CCOP(=O)(OCC)C(NCc1cccc(O)c1)c1ccccc1. The second-order valence-electron chi connectivity index (χ2n) is 5.24. The minimum atomic E-state index is -3.37. The van der Waals surface area contributed by atoms with Crippen molar-refractivity contribution in [2.75, 3.05) is 13.2 Å². The molecule has 1 atom stereocenters. The van der Waals surface area contributed by atoms with Crippen LogP contribution in [0, 0.1) is 0 Å². The zero-order chi connectivity index (χ0) is 17.4. The predicted octanol–water partition coefficient (Wildman–Crippen LogP) is 4.45. The Hall–Kier alpha value is -1.65. The molecule has 2 N–H and O–H groups in total. The number of phenols is 1. The highest BCUT2D eigenvalue weighted by atomic mass is 31.2. The van der Waals surface area contributed by atoms with Gasteiger partial charge in [-0.1, -0.05) is 42.5 Å². The summed E-state index contributed by atoms with van der Waals surface area (Å²) < 4.78 is 24.3. The number of rotatable bonds is 9. The summed E-state index contributed by atoms with van der Waals surface area (Å²) in [6.45, 7) is 4.62. The Balaban J connectivity index is 2.27. The van der Waals surface area contributed by atoms with Crippen molar-refractivity contribution in [3.8, 4) is 5.75 Å². The van der Waals surface area contributed by atoms with Crippen LogP contribution in [0.2, 0.25) is 0 Å². The average molecular weight is 349 g/mol. The Labute approximate surface area is 143 Å². The summed E-state index contributed by atoms with van der Waals surface area (Å²) in [5.41, 5.74) is 1.72. The minimum Gasteiger partial charge on any atom is -0.508 e. The lowest BCUT2D eigenvalue weighted by Gasteiger charge is -2.27. The molecule has 2 aromatic rings. The Morgan fingerprint density at radius 1 is 1.04 bits per heavy atom. The Morgan fingerprint density at radius 2 is 1.71 bits per heavy atom. The first kappa shape index (κ1) is 18.7. The molecule has 24 heavy (non-hydrogen) atoms. The van der Waals surface area contributed by atoms with Crippen molar-refractivity contribution in [1.82, 2.24) is 5.32 Å². The molecule has 0 spiro atoms. The van der Waals surface area contributed by atoms with E-state index in [9.17, 15) is 9.67 Å². The third-order valence-electron chi connectivity index (χ3n) is 3.46. The van der Waals surface area contributed by atoms with Gasteiger partial charge in [0.2, 0.25) is 0 Å². The van der Waals surface area contributed by atoms with Crippen molar-refractivity contribution in [2.45, 2.75) is 26.2 Å². The van der Waals surface area contributed by atoms with Gasteiger partial charge in [-0.05, 0) is 37.1 Å². The van der Waals surface area contributed by atoms with E-state index in [4.69, 9.17) is 9.05 Å². The lowest BCUT2D eigenvalue weighted by Crippen LogP contribution is -2.23. The number of benzene rings is 2. The minimum absolute atomic E-state index is 0.198. The Kier molecular flexibility index (Phi) is 7.00.